The molecule has 0 aliphatic carbocycles. The van der Waals surface area contributed by atoms with Crippen LogP contribution in [0.2, 0.25) is 0 Å². The van der Waals surface area contributed by atoms with Crippen molar-refractivity contribution in [1.82, 2.24) is 5.32 Å². The fourth-order valence-corrected chi connectivity index (χ4v) is 2.48. The van der Waals surface area contributed by atoms with Crippen LogP contribution in [0.15, 0.2) is 35.0 Å². The maximum atomic E-state index is 13.5. The van der Waals surface area contributed by atoms with Crippen LogP contribution in [0.3, 0.4) is 0 Å². The van der Waals surface area contributed by atoms with Crippen molar-refractivity contribution in [3.8, 4) is 0 Å². The monoisotopic (exact) mass is 295 g/mol. The minimum atomic E-state index is -1.09. The third-order valence-corrected chi connectivity index (χ3v) is 3.58. The highest BCUT2D eigenvalue weighted by atomic mass is 32.1. The Morgan fingerprint density at radius 3 is 2.85 bits per heavy atom. The third-order valence-electron chi connectivity index (χ3n) is 2.87. The molecule has 0 bridgehead atoms. The molecule has 0 aliphatic rings. The van der Waals surface area contributed by atoms with E-state index in [4.69, 9.17) is 5.11 Å². The Balaban J connectivity index is 1.94. The number of benzene rings is 1. The van der Waals surface area contributed by atoms with Gasteiger partial charge in [0.25, 0.3) is 0 Å². The molecule has 6 heteroatoms. The number of aliphatic hydroxyl groups excluding tert-OH is 1. The van der Waals surface area contributed by atoms with Gasteiger partial charge in [0.2, 0.25) is 0 Å². The number of carboxylic acid groups (broad SMARTS) is 1. The molecule has 1 heterocycles. The van der Waals surface area contributed by atoms with Crippen molar-refractivity contribution in [2.24, 2.45) is 0 Å². The molecule has 2 aromatic rings. The molecule has 1 unspecified atom stereocenters. The number of hydrogen-bond donors (Lipinski definition) is 3. The lowest BCUT2D eigenvalue weighted by molar-refractivity contribution is 0.0696. The third kappa shape index (κ3) is 3.63. The Labute approximate surface area is 119 Å². The van der Waals surface area contributed by atoms with Crippen LogP contribution < -0.4 is 5.32 Å². The summed E-state index contributed by atoms with van der Waals surface area (Å²) in [6, 6.07) is 5.47. The SMILES string of the molecule is O=C(O)c1ccc(F)c(CNCC(O)c2ccsc2)c1. The van der Waals surface area contributed by atoms with E-state index >= 15 is 0 Å². The number of aliphatic hydroxyl groups is 1. The van der Waals surface area contributed by atoms with Gasteiger partial charge in [-0.2, -0.15) is 11.3 Å². The molecule has 0 spiro atoms. The molecule has 2 rings (SSSR count). The lowest BCUT2D eigenvalue weighted by Crippen LogP contribution is -2.21. The summed E-state index contributed by atoms with van der Waals surface area (Å²) in [6.45, 7) is 0.432. The molecule has 0 saturated carbocycles. The average molecular weight is 295 g/mol. The molecule has 0 saturated heterocycles. The summed E-state index contributed by atoms with van der Waals surface area (Å²) >= 11 is 1.49. The van der Waals surface area contributed by atoms with Crippen LogP contribution in [0, 0.1) is 5.82 Å². The van der Waals surface area contributed by atoms with Crippen molar-refractivity contribution < 1.29 is 19.4 Å². The van der Waals surface area contributed by atoms with Gasteiger partial charge in [-0.05, 0) is 40.6 Å². The van der Waals surface area contributed by atoms with E-state index < -0.39 is 17.9 Å². The first-order valence-corrected chi connectivity index (χ1v) is 6.95. The minimum Gasteiger partial charge on any atom is -0.478 e. The van der Waals surface area contributed by atoms with E-state index in [9.17, 15) is 14.3 Å². The van der Waals surface area contributed by atoms with E-state index in [0.29, 0.717) is 0 Å². The molecular weight excluding hydrogens is 281 g/mol. The van der Waals surface area contributed by atoms with Gasteiger partial charge in [-0.1, -0.05) is 0 Å². The van der Waals surface area contributed by atoms with Crippen LogP contribution in [-0.4, -0.2) is 22.7 Å². The molecule has 0 aliphatic heterocycles. The van der Waals surface area contributed by atoms with Gasteiger partial charge in [-0.25, -0.2) is 9.18 Å². The topological polar surface area (TPSA) is 69.6 Å². The fourth-order valence-electron chi connectivity index (χ4n) is 1.77. The Morgan fingerprint density at radius 2 is 2.20 bits per heavy atom. The largest absolute Gasteiger partial charge is 0.478 e. The Bertz CT molecular complexity index is 586. The number of halogens is 1. The van der Waals surface area contributed by atoms with Gasteiger partial charge in [-0.3, -0.25) is 0 Å². The van der Waals surface area contributed by atoms with Crippen LogP contribution in [0.25, 0.3) is 0 Å². The number of nitrogens with one attached hydrogen (secondary N) is 1. The van der Waals surface area contributed by atoms with Crippen molar-refractivity contribution >= 4 is 17.3 Å². The summed E-state index contributed by atoms with van der Waals surface area (Å²) in [5, 5.41) is 25.3. The summed E-state index contributed by atoms with van der Waals surface area (Å²) < 4.78 is 13.5. The molecule has 4 nitrogen and oxygen atoms in total. The van der Waals surface area contributed by atoms with Crippen LogP contribution in [-0.2, 0) is 6.54 Å². The average Bonchev–Trinajstić information content (AvgIpc) is 2.94. The molecule has 1 aromatic carbocycles. The van der Waals surface area contributed by atoms with Gasteiger partial charge in [0.15, 0.2) is 0 Å². The van der Waals surface area contributed by atoms with E-state index in [1.165, 1.54) is 23.5 Å². The highest BCUT2D eigenvalue weighted by molar-refractivity contribution is 7.07. The second kappa shape index (κ2) is 6.60. The Hall–Kier alpha value is -1.76. The molecule has 0 amide bonds. The predicted molar refractivity (Wildman–Crippen MR) is 74.3 cm³/mol. The first-order chi connectivity index (χ1) is 9.58. The van der Waals surface area contributed by atoms with E-state index in [0.717, 1.165) is 11.6 Å². The predicted octanol–water partition coefficient (Wildman–Crippen LogP) is 2.41. The number of rotatable bonds is 6. The zero-order chi connectivity index (χ0) is 14.5. The summed E-state index contributed by atoms with van der Waals surface area (Å²) in [5.74, 6) is -1.56. The van der Waals surface area contributed by atoms with Crippen LogP contribution in [0.1, 0.15) is 27.6 Å². The normalized spacial score (nSPS) is 12.3. The summed E-state index contributed by atoms with van der Waals surface area (Å²) in [5.41, 5.74) is 1.12. The van der Waals surface area contributed by atoms with Crippen LogP contribution in [0.5, 0.6) is 0 Å². The van der Waals surface area contributed by atoms with Crippen molar-refractivity contribution in [2.75, 3.05) is 6.54 Å². The lowest BCUT2D eigenvalue weighted by atomic mass is 10.1. The van der Waals surface area contributed by atoms with Crippen molar-refractivity contribution in [3.63, 3.8) is 0 Å². The van der Waals surface area contributed by atoms with E-state index in [-0.39, 0.29) is 24.2 Å². The van der Waals surface area contributed by atoms with E-state index in [2.05, 4.69) is 5.32 Å². The standard InChI is InChI=1S/C14H14FNO3S/c15-12-2-1-9(14(18)19)5-11(12)6-16-7-13(17)10-3-4-20-8-10/h1-5,8,13,16-17H,6-7H2,(H,18,19). The van der Waals surface area contributed by atoms with E-state index in [1.54, 1.807) is 0 Å². The second-order valence-electron chi connectivity index (χ2n) is 4.31. The zero-order valence-corrected chi connectivity index (χ0v) is 11.4. The van der Waals surface area contributed by atoms with Gasteiger partial charge in [0, 0.05) is 18.7 Å². The first-order valence-electron chi connectivity index (χ1n) is 6.00. The van der Waals surface area contributed by atoms with Crippen LogP contribution in [0.4, 0.5) is 4.39 Å². The van der Waals surface area contributed by atoms with Gasteiger partial charge >= 0.3 is 5.97 Å². The van der Waals surface area contributed by atoms with Gasteiger partial charge in [-0.15, -0.1) is 0 Å². The molecular formula is C14H14FNO3S. The van der Waals surface area contributed by atoms with Gasteiger partial charge < -0.3 is 15.5 Å². The summed E-state index contributed by atoms with van der Waals surface area (Å²) in [7, 11) is 0. The number of carboxylic acids is 1. The van der Waals surface area contributed by atoms with Gasteiger partial charge in [0.1, 0.15) is 5.82 Å². The molecule has 1 aromatic heterocycles. The molecule has 1 atom stereocenters. The maximum absolute atomic E-state index is 13.5. The quantitative estimate of drug-likeness (QED) is 0.765. The summed E-state index contributed by atoms with van der Waals surface area (Å²) in [6.07, 6.45) is -0.660. The lowest BCUT2D eigenvalue weighted by Gasteiger charge is -2.11. The highest BCUT2D eigenvalue weighted by Gasteiger charge is 2.10. The smallest absolute Gasteiger partial charge is 0.335 e. The van der Waals surface area contributed by atoms with Crippen LogP contribution >= 0.6 is 11.3 Å². The molecule has 106 valence electrons. The van der Waals surface area contributed by atoms with E-state index in [1.807, 2.05) is 16.8 Å². The molecule has 0 fully saturated rings. The van der Waals surface area contributed by atoms with Crippen molar-refractivity contribution in [3.05, 3.63) is 57.5 Å². The minimum absolute atomic E-state index is 0.0431. The molecule has 3 N–H and O–H groups in total. The fraction of sp³-hybridized carbons (Fsp3) is 0.214. The van der Waals surface area contributed by atoms with Crippen molar-refractivity contribution in [2.45, 2.75) is 12.6 Å². The number of thiophene rings is 1. The number of carbonyl (C=O) groups is 1. The highest BCUT2D eigenvalue weighted by Crippen LogP contribution is 2.16. The number of hydrogen-bond acceptors (Lipinski definition) is 4. The first kappa shape index (κ1) is 14.6. The second-order valence-corrected chi connectivity index (χ2v) is 5.09. The van der Waals surface area contributed by atoms with Crippen molar-refractivity contribution in [1.29, 1.82) is 0 Å². The summed E-state index contributed by atoms with van der Waals surface area (Å²) in [4.78, 5) is 10.8. The zero-order valence-electron chi connectivity index (χ0n) is 10.5. The van der Waals surface area contributed by atoms with Gasteiger partial charge in [0.05, 0.1) is 11.7 Å². The molecule has 0 radical (unpaired) electrons. The molecule has 20 heavy (non-hydrogen) atoms. The Morgan fingerprint density at radius 1 is 1.40 bits per heavy atom. The number of aromatic carboxylic acids is 1. The Kier molecular flexibility index (Phi) is 4.84. The maximum Gasteiger partial charge on any atom is 0.335 e.